The van der Waals surface area contributed by atoms with Gasteiger partial charge in [-0.05, 0) is 13.3 Å². The molecule has 0 N–H and O–H groups in total. The topological polar surface area (TPSA) is 124 Å². The van der Waals surface area contributed by atoms with Gasteiger partial charge in [0.05, 0.1) is 24.0 Å². The van der Waals surface area contributed by atoms with Crippen molar-refractivity contribution in [1.82, 2.24) is 19.9 Å². The number of amides is 4. The number of aromatic nitrogens is 2. The van der Waals surface area contributed by atoms with Crippen molar-refractivity contribution >= 4 is 34.3 Å². The molecule has 1 unspecified atom stereocenters. The fourth-order valence-electron chi connectivity index (χ4n) is 5.17. The molecular weight excluding hydrogens is 412 g/mol. The summed E-state index contributed by atoms with van der Waals surface area (Å²) in [5.41, 5.74) is 0.759. The van der Waals surface area contributed by atoms with Crippen LogP contribution >= 0.6 is 0 Å². The van der Waals surface area contributed by atoms with E-state index in [9.17, 15) is 19.6 Å². The first kappa shape index (κ1) is 18.5. The van der Waals surface area contributed by atoms with Crippen LogP contribution in [0.4, 0.5) is 10.5 Å². The minimum atomic E-state index is -0.757. The van der Waals surface area contributed by atoms with Crippen molar-refractivity contribution in [3.05, 3.63) is 53.7 Å². The van der Waals surface area contributed by atoms with E-state index < -0.39 is 24.0 Å². The first-order valence-corrected chi connectivity index (χ1v) is 10.2. The molecule has 0 saturated carbocycles. The average molecular weight is 428 g/mol. The van der Waals surface area contributed by atoms with E-state index in [0.29, 0.717) is 35.2 Å². The number of nitrogens with zero attached hydrogens (tertiary/aromatic N) is 6. The van der Waals surface area contributed by atoms with Gasteiger partial charge in [-0.3, -0.25) is 9.59 Å². The molecule has 0 radical (unpaired) electrons. The zero-order valence-corrected chi connectivity index (χ0v) is 16.9. The Morgan fingerprint density at radius 3 is 2.75 bits per heavy atom. The quantitative estimate of drug-likeness (QED) is 0.571. The number of rotatable bonds is 2. The third-order valence-electron chi connectivity index (χ3n) is 6.49. The fraction of sp³-hybridized carbons (Fsp3) is 0.273. The number of hydrogen-bond acceptors (Lipinski definition) is 7. The summed E-state index contributed by atoms with van der Waals surface area (Å²) in [6.07, 6.45) is 1.94. The molecule has 0 spiro atoms. The lowest BCUT2D eigenvalue weighted by atomic mass is 10.1. The highest BCUT2D eigenvalue weighted by atomic mass is 16.5. The van der Waals surface area contributed by atoms with Crippen LogP contribution in [0, 0.1) is 18.3 Å². The summed E-state index contributed by atoms with van der Waals surface area (Å²) in [6, 6.07) is 8.80. The highest BCUT2D eigenvalue weighted by Gasteiger charge is 2.63. The van der Waals surface area contributed by atoms with Crippen molar-refractivity contribution < 1.29 is 18.9 Å². The molecule has 3 atom stereocenters. The molecule has 3 aliphatic rings. The third-order valence-corrected chi connectivity index (χ3v) is 6.49. The molecule has 3 fully saturated rings. The Labute approximate surface area is 181 Å². The molecule has 4 amide bonds. The van der Waals surface area contributed by atoms with Crippen molar-refractivity contribution in [3.8, 4) is 6.07 Å². The second-order valence-electron chi connectivity index (χ2n) is 8.19. The number of aryl methyl sites for hydroxylation is 1. The Morgan fingerprint density at radius 2 is 2.03 bits per heavy atom. The highest BCUT2D eigenvalue weighted by Crippen LogP contribution is 2.43. The Balaban J connectivity index is 1.38. The van der Waals surface area contributed by atoms with Crippen LogP contribution in [0.15, 0.2) is 41.1 Å². The van der Waals surface area contributed by atoms with E-state index in [4.69, 9.17) is 4.52 Å². The predicted octanol–water partition coefficient (Wildman–Crippen LogP) is 1.84. The van der Waals surface area contributed by atoms with Gasteiger partial charge in [0, 0.05) is 23.4 Å². The molecule has 1 aromatic carbocycles. The van der Waals surface area contributed by atoms with Crippen molar-refractivity contribution in [1.29, 1.82) is 5.26 Å². The zero-order valence-electron chi connectivity index (χ0n) is 16.9. The molecule has 0 aliphatic carbocycles. The molecule has 2 aromatic heterocycles. The number of fused-ring (bicyclic) bond motifs is 6. The van der Waals surface area contributed by atoms with Crippen LogP contribution in [0.2, 0.25) is 0 Å². The summed E-state index contributed by atoms with van der Waals surface area (Å²) >= 11 is 0. The van der Waals surface area contributed by atoms with Gasteiger partial charge in [-0.2, -0.15) is 5.26 Å². The van der Waals surface area contributed by atoms with Crippen LogP contribution in [0.3, 0.4) is 0 Å². The van der Waals surface area contributed by atoms with E-state index >= 15 is 0 Å². The molecule has 3 saturated heterocycles. The summed E-state index contributed by atoms with van der Waals surface area (Å²) in [6.45, 7) is 2.04. The van der Waals surface area contributed by atoms with Crippen LogP contribution in [-0.4, -0.2) is 62.5 Å². The maximum absolute atomic E-state index is 13.5. The number of nitriles is 1. The van der Waals surface area contributed by atoms with Gasteiger partial charge < -0.3 is 14.3 Å². The van der Waals surface area contributed by atoms with Gasteiger partial charge in [0.1, 0.15) is 23.6 Å². The van der Waals surface area contributed by atoms with E-state index in [1.807, 2.05) is 6.07 Å². The molecule has 5 heterocycles. The van der Waals surface area contributed by atoms with E-state index in [1.54, 1.807) is 47.1 Å². The fourth-order valence-corrected chi connectivity index (χ4v) is 5.17. The predicted molar refractivity (Wildman–Crippen MR) is 109 cm³/mol. The number of carbonyl (C=O) groups is 3. The van der Waals surface area contributed by atoms with Crippen molar-refractivity contribution in [2.45, 2.75) is 31.5 Å². The van der Waals surface area contributed by atoms with Crippen LogP contribution in [-0.2, 0) is 4.79 Å². The summed E-state index contributed by atoms with van der Waals surface area (Å²) in [7, 11) is 0. The average Bonchev–Trinajstić information content (AvgIpc) is 3.56. The number of benzene rings is 1. The molecule has 32 heavy (non-hydrogen) atoms. The van der Waals surface area contributed by atoms with Gasteiger partial charge in [-0.15, -0.1) is 0 Å². The van der Waals surface area contributed by atoms with E-state index in [0.717, 1.165) is 4.90 Å². The van der Waals surface area contributed by atoms with Crippen LogP contribution in [0.1, 0.15) is 28.4 Å². The van der Waals surface area contributed by atoms with Gasteiger partial charge in [0.25, 0.3) is 11.8 Å². The maximum atomic E-state index is 13.5. The molecule has 158 valence electrons. The molecule has 3 aliphatic heterocycles. The van der Waals surface area contributed by atoms with Gasteiger partial charge in [-0.1, -0.05) is 29.4 Å². The smallest absolute Gasteiger partial charge is 0.332 e. The van der Waals surface area contributed by atoms with Crippen molar-refractivity contribution in [3.63, 3.8) is 0 Å². The Bertz CT molecular complexity index is 1370. The van der Waals surface area contributed by atoms with E-state index in [1.165, 1.54) is 6.20 Å². The number of pyridine rings is 1. The van der Waals surface area contributed by atoms with Gasteiger partial charge in [-0.25, -0.2) is 14.7 Å². The lowest BCUT2D eigenvalue weighted by Crippen LogP contribution is -2.54. The maximum Gasteiger partial charge on any atom is 0.332 e. The Kier molecular flexibility index (Phi) is 3.68. The lowest BCUT2D eigenvalue weighted by molar-refractivity contribution is -0.121. The second-order valence-corrected chi connectivity index (χ2v) is 8.19. The van der Waals surface area contributed by atoms with Crippen LogP contribution in [0.5, 0.6) is 0 Å². The molecule has 6 rings (SSSR count). The van der Waals surface area contributed by atoms with E-state index in [2.05, 4.69) is 10.1 Å². The molecule has 10 nitrogen and oxygen atoms in total. The Hall–Kier alpha value is -4.26. The van der Waals surface area contributed by atoms with Crippen molar-refractivity contribution in [2.75, 3.05) is 11.4 Å². The summed E-state index contributed by atoms with van der Waals surface area (Å²) in [4.78, 5) is 48.3. The highest BCUT2D eigenvalue weighted by molar-refractivity contribution is 6.25. The first-order chi connectivity index (χ1) is 15.5. The minimum Gasteiger partial charge on any atom is -0.361 e. The van der Waals surface area contributed by atoms with Crippen molar-refractivity contribution in [2.24, 2.45) is 0 Å². The lowest BCUT2D eigenvalue weighted by Gasteiger charge is -2.34. The Morgan fingerprint density at radius 1 is 1.25 bits per heavy atom. The molecule has 3 aromatic rings. The monoisotopic (exact) mass is 428 g/mol. The minimum absolute atomic E-state index is 0.192. The number of likely N-dealkylation sites (tertiary alicyclic amines) is 1. The number of urea groups is 1. The number of hydrogen-bond donors (Lipinski definition) is 0. The molecule has 2 bridgehead atoms. The summed E-state index contributed by atoms with van der Waals surface area (Å²) in [5.74, 6) is -0.177. The number of imide groups is 1. The van der Waals surface area contributed by atoms with Gasteiger partial charge in [0.15, 0.2) is 5.69 Å². The standard InChI is InChI=1S/C22H16N6O4/c1-11-6-15(25-32-11)20(29)26-10-12-7-17(26)19-21(30)28(22(31)27(12)19)18-9-24-16(8-23)13-4-2-3-5-14(13)18/h2-6,9,12,17,19H,7,10H2,1H3/t12-,17?,19+/m1/s1. The summed E-state index contributed by atoms with van der Waals surface area (Å²) in [5, 5.41) is 14.3. The SMILES string of the molecule is Cc1cc(C(=O)N2C[C@H]3CC2[C@H]2C(=O)N(c4cnc(C#N)c5ccccc45)C(=O)N32)no1. The third kappa shape index (κ3) is 2.30. The second kappa shape index (κ2) is 6.37. The molecule has 10 heteroatoms. The largest absolute Gasteiger partial charge is 0.361 e. The van der Waals surface area contributed by atoms with E-state index in [-0.39, 0.29) is 23.3 Å². The number of carbonyl (C=O) groups excluding carboxylic acids is 3. The van der Waals surface area contributed by atoms with Gasteiger partial charge >= 0.3 is 6.03 Å². The summed E-state index contributed by atoms with van der Waals surface area (Å²) < 4.78 is 5.02. The zero-order chi connectivity index (χ0) is 22.1. The van der Waals surface area contributed by atoms with Crippen LogP contribution < -0.4 is 4.90 Å². The molecular formula is C22H16N6O4. The number of anilines is 1. The first-order valence-electron chi connectivity index (χ1n) is 10.2. The van der Waals surface area contributed by atoms with Gasteiger partial charge in [0.2, 0.25) is 0 Å². The number of piperazine rings is 1. The normalized spacial score (nSPS) is 23.9. The van der Waals surface area contributed by atoms with Crippen LogP contribution in [0.25, 0.3) is 10.8 Å².